The van der Waals surface area contributed by atoms with Crippen LogP contribution in [0.25, 0.3) is 10.8 Å². The predicted molar refractivity (Wildman–Crippen MR) is 95.4 cm³/mol. The molecule has 1 saturated heterocycles. The number of carbonyl (C=O) groups excluding carboxylic acids is 1. The lowest BCUT2D eigenvalue weighted by Crippen LogP contribution is -2.26. The van der Waals surface area contributed by atoms with Crippen molar-refractivity contribution in [3.8, 4) is 0 Å². The Bertz CT molecular complexity index is 876. The second-order valence-electron chi connectivity index (χ2n) is 5.35. The highest BCUT2D eigenvalue weighted by Gasteiger charge is 2.32. The van der Waals surface area contributed by atoms with Crippen LogP contribution in [0.1, 0.15) is 18.9 Å². The Morgan fingerprint density at radius 1 is 1.25 bits per heavy atom. The summed E-state index contributed by atoms with van der Waals surface area (Å²) in [6.07, 6.45) is -0.233. The van der Waals surface area contributed by atoms with Gasteiger partial charge in [0.05, 0.1) is 12.1 Å². The molecule has 1 aliphatic rings. The summed E-state index contributed by atoms with van der Waals surface area (Å²) in [6.45, 7) is 1.84. The molecule has 0 spiro atoms. The van der Waals surface area contributed by atoms with Gasteiger partial charge in [-0.2, -0.15) is 5.10 Å². The molecule has 1 aliphatic heterocycles. The van der Waals surface area contributed by atoms with E-state index in [0.29, 0.717) is 10.9 Å². The van der Waals surface area contributed by atoms with Gasteiger partial charge in [-0.15, -0.1) is 5.10 Å². The molecule has 1 amide bonds. The molecule has 24 heavy (non-hydrogen) atoms. The lowest BCUT2D eigenvalue weighted by Gasteiger charge is -2.02. The summed E-state index contributed by atoms with van der Waals surface area (Å²) in [5.41, 5.74) is 1.65. The monoisotopic (exact) mass is 341 g/mol. The SMILES string of the molecule is C/C(=N\N=C1/NC(=O)[C@@H](CC(=O)O)S1)c1ccc2ccccc2c1. The third kappa shape index (κ3) is 3.62. The topological polar surface area (TPSA) is 91.1 Å². The second kappa shape index (κ2) is 6.84. The van der Waals surface area contributed by atoms with Crippen molar-refractivity contribution in [3.05, 3.63) is 48.0 Å². The van der Waals surface area contributed by atoms with E-state index in [0.717, 1.165) is 28.1 Å². The summed E-state index contributed by atoms with van der Waals surface area (Å²) in [7, 11) is 0. The van der Waals surface area contributed by atoms with E-state index in [1.165, 1.54) is 0 Å². The number of benzene rings is 2. The fraction of sp³-hybridized carbons (Fsp3) is 0.176. The molecule has 0 aromatic heterocycles. The van der Waals surface area contributed by atoms with Crippen molar-refractivity contribution >= 4 is 45.3 Å². The van der Waals surface area contributed by atoms with E-state index in [4.69, 9.17) is 5.11 Å². The molecule has 0 radical (unpaired) electrons. The molecular weight excluding hydrogens is 326 g/mol. The Kier molecular flexibility index (Phi) is 4.61. The standard InChI is InChI=1S/C17H15N3O3S/c1-10(12-7-6-11-4-2-3-5-13(11)8-12)19-20-17-18-16(23)14(24-17)9-15(21)22/h2-8,14H,9H2,1H3,(H,21,22)(H,18,20,23)/b19-10+/t14-/m1/s1. The number of fused-ring (bicyclic) bond motifs is 1. The molecule has 122 valence electrons. The highest BCUT2D eigenvalue weighted by atomic mass is 32.2. The Hall–Kier alpha value is -2.67. The lowest BCUT2D eigenvalue weighted by atomic mass is 10.0. The van der Waals surface area contributed by atoms with Crippen molar-refractivity contribution in [3.63, 3.8) is 0 Å². The summed E-state index contributed by atoms with van der Waals surface area (Å²) < 4.78 is 0. The van der Waals surface area contributed by atoms with E-state index in [-0.39, 0.29) is 12.3 Å². The van der Waals surface area contributed by atoms with Gasteiger partial charge in [0, 0.05) is 0 Å². The molecule has 1 fully saturated rings. The Balaban J connectivity index is 1.78. The quantitative estimate of drug-likeness (QED) is 0.660. The van der Waals surface area contributed by atoms with Crippen molar-refractivity contribution in [2.24, 2.45) is 10.2 Å². The zero-order chi connectivity index (χ0) is 17.1. The minimum absolute atomic E-state index is 0.233. The van der Waals surface area contributed by atoms with Crippen molar-refractivity contribution in [2.75, 3.05) is 0 Å². The molecule has 6 nitrogen and oxygen atoms in total. The van der Waals surface area contributed by atoms with E-state index in [2.05, 4.69) is 15.5 Å². The number of carbonyl (C=O) groups is 2. The average molecular weight is 341 g/mol. The van der Waals surface area contributed by atoms with Gasteiger partial charge in [-0.25, -0.2) is 0 Å². The number of hydrogen-bond donors (Lipinski definition) is 2. The fourth-order valence-corrected chi connectivity index (χ4v) is 3.25. The molecule has 0 aliphatic carbocycles. The number of aliphatic carboxylic acids is 1. The molecule has 2 aromatic rings. The van der Waals surface area contributed by atoms with E-state index >= 15 is 0 Å². The first-order valence-corrected chi connectivity index (χ1v) is 8.21. The number of amides is 1. The zero-order valence-electron chi connectivity index (χ0n) is 12.9. The number of rotatable bonds is 4. The van der Waals surface area contributed by atoms with Gasteiger partial charge in [-0.05, 0) is 29.3 Å². The van der Waals surface area contributed by atoms with Crippen LogP contribution in [0.4, 0.5) is 0 Å². The van der Waals surface area contributed by atoms with E-state index in [1.807, 2.05) is 49.4 Å². The summed E-state index contributed by atoms with van der Waals surface area (Å²) in [5, 5.41) is 21.4. The number of nitrogens with one attached hydrogen (secondary N) is 1. The number of hydrogen-bond acceptors (Lipinski definition) is 5. The van der Waals surface area contributed by atoms with Crippen molar-refractivity contribution in [2.45, 2.75) is 18.6 Å². The molecule has 0 unspecified atom stereocenters. The van der Waals surface area contributed by atoms with Gasteiger partial charge in [0.1, 0.15) is 5.25 Å². The van der Waals surface area contributed by atoms with Crippen LogP contribution in [-0.4, -0.2) is 33.1 Å². The van der Waals surface area contributed by atoms with Crippen molar-refractivity contribution < 1.29 is 14.7 Å². The molecule has 1 heterocycles. The third-order valence-electron chi connectivity index (χ3n) is 3.59. The van der Waals surface area contributed by atoms with Gasteiger partial charge in [0.2, 0.25) is 5.91 Å². The normalized spacial score (nSPS) is 19.7. The van der Waals surface area contributed by atoms with Crippen molar-refractivity contribution in [1.29, 1.82) is 0 Å². The van der Waals surface area contributed by atoms with Crippen LogP contribution >= 0.6 is 11.8 Å². The van der Waals surface area contributed by atoms with Gasteiger partial charge in [0.15, 0.2) is 5.17 Å². The molecule has 1 atom stereocenters. The first-order chi connectivity index (χ1) is 11.5. The number of carboxylic acid groups (broad SMARTS) is 1. The van der Waals surface area contributed by atoms with Gasteiger partial charge in [-0.1, -0.05) is 48.2 Å². The zero-order valence-corrected chi connectivity index (χ0v) is 13.7. The van der Waals surface area contributed by atoms with Crippen LogP contribution in [0, 0.1) is 0 Å². The van der Waals surface area contributed by atoms with Gasteiger partial charge in [-0.3, -0.25) is 9.59 Å². The van der Waals surface area contributed by atoms with E-state index < -0.39 is 11.2 Å². The van der Waals surface area contributed by atoms with Gasteiger partial charge in [0.25, 0.3) is 0 Å². The van der Waals surface area contributed by atoms with Crippen molar-refractivity contribution in [1.82, 2.24) is 5.32 Å². The summed E-state index contributed by atoms with van der Waals surface area (Å²) >= 11 is 1.09. The smallest absolute Gasteiger partial charge is 0.305 e. The predicted octanol–water partition coefficient (Wildman–Crippen LogP) is 2.63. The van der Waals surface area contributed by atoms with Crippen LogP contribution < -0.4 is 5.32 Å². The summed E-state index contributed by atoms with van der Waals surface area (Å²) in [5.74, 6) is -1.36. The third-order valence-corrected chi connectivity index (χ3v) is 4.67. The number of thioether (sulfide) groups is 1. The summed E-state index contributed by atoms with van der Waals surface area (Å²) in [4.78, 5) is 22.4. The lowest BCUT2D eigenvalue weighted by molar-refractivity contribution is -0.138. The van der Waals surface area contributed by atoms with Crippen LogP contribution in [0.3, 0.4) is 0 Å². The maximum Gasteiger partial charge on any atom is 0.305 e. The maximum atomic E-state index is 11.7. The molecule has 2 N–H and O–H groups in total. The molecule has 0 saturated carbocycles. The minimum Gasteiger partial charge on any atom is -0.481 e. The molecule has 2 aromatic carbocycles. The number of carboxylic acids is 1. The average Bonchev–Trinajstić information content (AvgIpc) is 2.91. The molecule has 3 rings (SSSR count). The fourth-order valence-electron chi connectivity index (χ4n) is 2.34. The largest absolute Gasteiger partial charge is 0.481 e. The highest BCUT2D eigenvalue weighted by molar-refractivity contribution is 8.15. The minimum atomic E-state index is -1.01. The molecular formula is C17H15N3O3S. The van der Waals surface area contributed by atoms with Crippen LogP contribution in [0.5, 0.6) is 0 Å². The molecule has 7 heteroatoms. The summed E-state index contributed by atoms with van der Waals surface area (Å²) in [6, 6.07) is 14.1. The first kappa shape index (κ1) is 16.2. The molecule has 0 bridgehead atoms. The number of nitrogens with zero attached hydrogens (tertiary/aromatic N) is 2. The Labute approximate surface area is 142 Å². The van der Waals surface area contributed by atoms with Gasteiger partial charge < -0.3 is 10.4 Å². The van der Waals surface area contributed by atoms with Crippen LogP contribution in [0.2, 0.25) is 0 Å². The first-order valence-electron chi connectivity index (χ1n) is 7.33. The second-order valence-corrected chi connectivity index (χ2v) is 6.54. The van der Waals surface area contributed by atoms with E-state index in [9.17, 15) is 9.59 Å². The van der Waals surface area contributed by atoms with Gasteiger partial charge >= 0.3 is 5.97 Å². The van der Waals surface area contributed by atoms with E-state index in [1.54, 1.807) is 0 Å². The van der Waals surface area contributed by atoms with Crippen LogP contribution in [-0.2, 0) is 9.59 Å². The highest BCUT2D eigenvalue weighted by Crippen LogP contribution is 2.22. The number of amidine groups is 1. The Morgan fingerprint density at radius 2 is 2.00 bits per heavy atom. The maximum absolute atomic E-state index is 11.7. The van der Waals surface area contributed by atoms with Crippen LogP contribution in [0.15, 0.2) is 52.7 Å². The Morgan fingerprint density at radius 3 is 2.75 bits per heavy atom.